The highest BCUT2D eigenvalue weighted by Gasteiger charge is 1.94. The summed E-state index contributed by atoms with van der Waals surface area (Å²) in [6, 6.07) is 13.5. The molecular formula is C12H11N3. The molecule has 0 fully saturated rings. The van der Waals surface area contributed by atoms with Gasteiger partial charge in [-0.3, -0.25) is 4.99 Å². The van der Waals surface area contributed by atoms with Gasteiger partial charge in [0.1, 0.15) is 11.5 Å². The van der Waals surface area contributed by atoms with Crippen LogP contribution in [0.25, 0.3) is 0 Å². The molecule has 1 heterocycles. The lowest BCUT2D eigenvalue weighted by atomic mass is 10.2. The maximum absolute atomic E-state index is 5.66. The fourth-order valence-corrected chi connectivity index (χ4v) is 1.20. The molecule has 0 aliphatic carbocycles. The molecule has 74 valence electrons. The van der Waals surface area contributed by atoms with Crippen LogP contribution in [0, 0.1) is 0 Å². The quantitative estimate of drug-likeness (QED) is 0.751. The second kappa shape index (κ2) is 4.37. The lowest BCUT2D eigenvalue weighted by Crippen LogP contribution is -1.89. The van der Waals surface area contributed by atoms with Crippen LogP contribution in [-0.2, 0) is 0 Å². The van der Waals surface area contributed by atoms with E-state index in [2.05, 4.69) is 9.98 Å². The Kier molecular flexibility index (Phi) is 2.74. The van der Waals surface area contributed by atoms with E-state index in [1.165, 1.54) is 0 Å². The first-order valence-electron chi connectivity index (χ1n) is 4.66. The number of nitrogens with two attached hydrogens (primary N) is 1. The second-order valence-electron chi connectivity index (χ2n) is 3.08. The molecule has 2 rings (SSSR count). The van der Waals surface area contributed by atoms with E-state index in [9.17, 15) is 0 Å². The Morgan fingerprint density at radius 3 is 2.60 bits per heavy atom. The van der Waals surface area contributed by atoms with Crippen molar-refractivity contribution in [2.45, 2.75) is 0 Å². The summed E-state index contributed by atoms with van der Waals surface area (Å²) in [5.41, 5.74) is 7.40. The topological polar surface area (TPSA) is 51.3 Å². The molecule has 0 saturated carbocycles. The van der Waals surface area contributed by atoms with Gasteiger partial charge in [0, 0.05) is 12.4 Å². The van der Waals surface area contributed by atoms with Gasteiger partial charge in [0.15, 0.2) is 0 Å². The van der Waals surface area contributed by atoms with Gasteiger partial charge < -0.3 is 5.73 Å². The Balaban J connectivity index is 2.23. The molecule has 0 spiro atoms. The number of anilines is 1. The molecule has 1 aromatic carbocycles. The van der Waals surface area contributed by atoms with Gasteiger partial charge in [-0.2, -0.15) is 0 Å². The molecular weight excluding hydrogens is 186 g/mol. The fourth-order valence-electron chi connectivity index (χ4n) is 1.20. The minimum absolute atomic E-state index is 0.449. The van der Waals surface area contributed by atoms with E-state index >= 15 is 0 Å². The Bertz CT molecular complexity index is 463. The molecule has 3 nitrogen and oxygen atoms in total. The summed E-state index contributed by atoms with van der Waals surface area (Å²) in [4.78, 5) is 8.22. The summed E-state index contributed by atoms with van der Waals surface area (Å²) in [5, 5.41) is 0. The molecule has 0 aliphatic rings. The number of nitrogens with zero attached hydrogens (tertiary/aromatic N) is 2. The van der Waals surface area contributed by atoms with Crippen molar-refractivity contribution in [1.82, 2.24) is 4.98 Å². The lowest BCUT2D eigenvalue weighted by molar-refractivity contribution is 1.32. The maximum Gasteiger partial charge on any atom is 0.149 e. The predicted molar refractivity (Wildman–Crippen MR) is 62.3 cm³/mol. The molecule has 0 amide bonds. The molecule has 0 saturated heterocycles. The Morgan fingerprint density at radius 1 is 1.07 bits per heavy atom. The van der Waals surface area contributed by atoms with Crippen LogP contribution in [0.5, 0.6) is 0 Å². The minimum atomic E-state index is 0.449. The second-order valence-corrected chi connectivity index (χ2v) is 3.08. The zero-order valence-electron chi connectivity index (χ0n) is 8.17. The summed E-state index contributed by atoms with van der Waals surface area (Å²) in [6.45, 7) is 0. The average Bonchev–Trinajstić information content (AvgIpc) is 2.29. The van der Waals surface area contributed by atoms with Gasteiger partial charge in [-0.15, -0.1) is 0 Å². The summed E-state index contributed by atoms with van der Waals surface area (Å²) in [6.07, 6.45) is 3.42. The lowest BCUT2D eigenvalue weighted by Gasteiger charge is -1.96. The third kappa shape index (κ3) is 2.40. The van der Waals surface area contributed by atoms with E-state index in [4.69, 9.17) is 5.73 Å². The number of benzene rings is 1. The van der Waals surface area contributed by atoms with Gasteiger partial charge in [-0.05, 0) is 17.7 Å². The van der Waals surface area contributed by atoms with Crippen LogP contribution in [-0.4, -0.2) is 11.2 Å². The first kappa shape index (κ1) is 9.40. The SMILES string of the molecule is Nc1ncccc1N=Cc1ccccc1. The maximum atomic E-state index is 5.66. The highest BCUT2D eigenvalue weighted by Crippen LogP contribution is 2.17. The van der Waals surface area contributed by atoms with Gasteiger partial charge in [0.2, 0.25) is 0 Å². The molecule has 3 heteroatoms. The normalized spacial score (nSPS) is 10.7. The van der Waals surface area contributed by atoms with Crippen LogP contribution >= 0.6 is 0 Å². The summed E-state index contributed by atoms with van der Waals surface area (Å²) < 4.78 is 0. The van der Waals surface area contributed by atoms with Crippen LogP contribution in [0.15, 0.2) is 53.7 Å². The van der Waals surface area contributed by atoms with E-state index in [0.717, 1.165) is 5.56 Å². The summed E-state index contributed by atoms with van der Waals surface area (Å²) in [5.74, 6) is 0.449. The summed E-state index contributed by atoms with van der Waals surface area (Å²) >= 11 is 0. The largest absolute Gasteiger partial charge is 0.382 e. The molecule has 0 radical (unpaired) electrons. The molecule has 0 unspecified atom stereocenters. The van der Waals surface area contributed by atoms with E-state index in [-0.39, 0.29) is 0 Å². The Hall–Kier alpha value is -2.16. The highest BCUT2D eigenvalue weighted by atomic mass is 14.9. The first-order chi connectivity index (χ1) is 7.36. The Labute approximate surface area is 88.3 Å². The van der Waals surface area contributed by atoms with Gasteiger partial charge >= 0.3 is 0 Å². The van der Waals surface area contributed by atoms with Gasteiger partial charge in [0.05, 0.1) is 0 Å². The number of aromatic nitrogens is 1. The van der Waals surface area contributed by atoms with Crippen molar-refractivity contribution in [2.24, 2.45) is 4.99 Å². The van der Waals surface area contributed by atoms with Gasteiger partial charge in [-0.25, -0.2) is 4.98 Å². The molecule has 0 bridgehead atoms. The van der Waals surface area contributed by atoms with Crippen molar-refractivity contribution in [2.75, 3.05) is 5.73 Å². The number of rotatable bonds is 2. The molecule has 2 aromatic rings. The van der Waals surface area contributed by atoms with E-state index in [1.807, 2.05) is 42.5 Å². The third-order valence-electron chi connectivity index (χ3n) is 1.97. The predicted octanol–water partition coefficient (Wildman–Crippen LogP) is 2.41. The average molecular weight is 197 g/mol. The van der Waals surface area contributed by atoms with E-state index in [0.29, 0.717) is 11.5 Å². The van der Waals surface area contributed by atoms with Crippen molar-refractivity contribution in [3.63, 3.8) is 0 Å². The van der Waals surface area contributed by atoms with Gasteiger partial charge in [0.25, 0.3) is 0 Å². The number of hydrogen-bond donors (Lipinski definition) is 1. The van der Waals surface area contributed by atoms with Crippen molar-refractivity contribution < 1.29 is 0 Å². The third-order valence-corrected chi connectivity index (χ3v) is 1.97. The fraction of sp³-hybridized carbons (Fsp3) is 0. The van der Waals surface area contributed by atoms with Crippen LogP contribution in [0.4, 0.5) is 11.5 Å². The monoisotopic (exact) mass is 197 g/mol. The first-order valence-corrected chi connectivity index (χ1v) is 4.66. The highest BCUT2D eigenvalue weighted by molar-refractivity contribution is 5.83. The number of pyridine rings is 1. The number of nitrogen functional groups attached to an aromatic ring is 1. The van der Waals surface area contributed by atoms with Crippen molar-refractivity contribution in [1.29, 1.82) is 0 Å². The molecule has 2 N–H and O–H groups in total. The number of hydrogen-bond acceptors (Lipinski definition) is 3. The Morgan fingerprint density at radius 2 is 1.87 bits per heavy atom. The minimum Gasteiger partial charge on any atom is -0.382 e. The zero-order chi connectivity index (χ0) is 10.5. The van der Waals surface area contributed by atoms with Crippen molar-refractivity contribution >= 4 is 17.7 Å². The smallest absolute Gasteiger partial charge is 0.149 e. The molecule has 15 heavy (non-hydrogen) atoms. The number of aliphatic imine (C=N–C) groups is 1. The van der Waals surface area contributed by atoms with E-state index < -0.39 is 0 Å². The van der Waals surface area contributed by atoms with Crippen LogP contribution in [0.2, 0.25) is 0 Å². The van der Waals surface area contributed by atoms with Crippen LogP contribution in [0.1, 0.15) is 5.56 Å². The summed E-state index contributed by atoms with van der Waals surface area (Å²) in [7, 11) is 0. The molecule has 0 atom stereocenters. The molecule has 0 aliphatic heterocycles. The van der Waals surface area contributed by atoms with Crippen molar-refractivity contribution in [3.8, 4) is 0 Å². The zero-order valence-corrected chi connectivity index (χ0v) is 8.17. The van der Waals surface area contributed by atoms with Gasteiger partial charge in [-0.1, -0.05) is 30.3 Å². The standard InChI is InChI=1S/C12H11N3/c13-12-11(7-4-8-14-12)15-9-10-5-2-1-3-6-10/h1-9H,(H2,13,14). The molecule has 1 aromatic heterocycles. The van der Waals surface area contributed by atoms with E-state index in [1.54, 1.807) is 12.4 Å². The van der Waals surface area contributed by atoms with Crippen molar-refractivity contribution in [3.05, 3.63) is 54.2 Å². The van der Waals surface area contributed by atoms with Crippen LogP contribution in [0.3, 0.4) is 0 Å². The van der Waals surface area contributed by atoms with Crippen LogP contribution < -0.4 is 5.73 Å².